The molecule has 0 N–H and O–H groups in total. The molecule has 4 aromatic rings. The lowest BCUT2D eigenvalue weighted by Gasteiger charge is -2.13. The molecule has 0 amide bonds. The molecule has 3 aromatic carbocycles. The molecule has 0 fully saturated rings. The Morgan fingerprint density at radius 3 is 2.33 bits per heavy atom. The van der Waals surface area contributed by atoms with Crippen LogP contribution in [0.4, 0.5) is 0 Å². The molecule has 0 aliphatic rings. The Kier molecular flexibility index (Phi) is 6.83. The average molecular weight is 481 g/mol. The normalized spacial score (nSPS) is 11.6. The minimum absolute atomic E-state index is 0.272. The first-order valence-corrected chi connectivity index (χ1v) is 12.6. The summed E-state index contributed by atoms with van der Waals surface area (Å²) < 4.78 is 33.5. The molecule has 7 nitrogen and oxygen atoms in total. The summed E-state index contributed by atoms with van der Waals surface area (Å²) in [6.07, 6.45) is 0. The molecule has 0 bridgehead atoms. The molecule has 0 saturated carbocycles. The lowest BCUT2D eigenvalue weighted by molar-refractivity contribution is 0.415. The van der Waals surface area contributed by atoms with Crippen molar-refractivity contribution in [2.75, 3.05) is 21.2 Å². The third-order valence-corrected chi connectivity index (χ3v) is 7.85. The number of hydrogen-bond acceptors (Lipinski definition) is 6. The van der Waals surface area contributed by atoms with E-state index in [4.69, 9.17) is 4.74 Å². The number of sulfonamides is 1. The third kappa shape index (κ3) is 4.95. The smallest absolute Gasteiger partial charge is 0.242 e. The van der Waals surface area contributed by atoms with E-state index in [0.29, 0.717) is 10.9 Å². The fraction of sp³-hybridized carbons (Fsp3) is 0.167. The maximum atomic E-state index is 12.5. The summed E-state index contributed by atoms with van der Waals surface area (Å²) in [6.45, 7) is 0. The van der Waals surface area contributed by atoms with Gasteiger partial charge in [0.15, 0.2) is 11.0 Å². The van der Waals surface area contributed by atoms with Crippen molar-refractivity contribution in [2.45, 2.75) is 15.8 Å². The van der Waals surface area contributed by atoms with E-state index in [9.17, 15) is 8.42 Å². The van der Waals surface area contributed by atoms with Crippen molar-refractivity contribution in [3.8, 4) is 22.8 Å². The van der Waals surface area contributed by atoms with Crippen LogP contribution in [0.15, 0.2) is 88.9 Å². The fourth-order valence-electron chi connectivity index (χ4n) is 3.25. The predicted molar refractivity (Wildman–Crippen MR) is 130 cm³/mol. The lowest BCUT2D eigenvalue weighted by Crippen LogP contribution is -2.22. The highest BCUT2D eigenvalue weighted by molar-refractivity contribution is 7.98. The zero-order valence-corrected chi connectivity index (χ0v) is 20.2. The topological polar surface area (TPSA) is 77.3 Å². The van der Waals surface area contributed by atoms with E-state index in [-0.39, 0.29) is 4.90 Å². The number of hydrogen-bond donors (Lipinski definition) is 0. The van der Waals surface area contributed by atoms with Gasteiger partial charge in [-0.15, -0.1) is 10.2 Å². The van der Waals surface area contributed by atoms with Gasteiger partial charge in [0.2, 0.25) is 10.0 Å². The Morgan fingerprint density at radius 2 is 1.67 bits per heavy atom. The van der Waals surface area contributed by atoms with Crippen LogP contribution >= 0.6 is 11.8 Å². The number of methoxy groups -OCH3 is 1. The van der Waals surface area contributed by atoms with Gasteiger partial charge in [0.05, 0.1) is 12.0 Å². The number of ether oxygens (including phenoxy) is 1. The van der Waals surface area contributed by atoms with Crippen LogP contribution in [0.25, 0.3) is 17.1 Å². The highest BCUT2D eigenvalue weighted by atomic mass is 32.2. The van der Waals surface area contributed by atoms with Gasteiger partial charge < -0.3 is 4.74 Å². The van der Waals surface area contributed by atoms with Crippen molar-refractivity contribution in [1.29, 1.82) is 0 Å². The molecule has 0 unspecified atom stereocenters. The van der Waals surface area contributed by atoms with Gasteiger partial charge in [-0.2, -0.15) is 0 Å². The number of benzene rings is 3. The van der Waals surface area contributed by atoms with Gasteiger partial charge in [-0.05, 0) is 54.1 Å². The molecule has 0 aliphatic heterocycles. The van der Waals surface area contributed by atoms with E-state index < -0.39 is 10.0 Å². The molecule has 33 heavy (non-hydrogen) atoms. The standard InChI is InChI=1S/C24H24N4O3S2/c1-27(2)33(29,30)22-11-7-8-18(16-22)17-32-24-26-25-23(19-12-14-21(31-3)15-13-19)28(24)20-9-5-4-6-10-20/h4-16H,17H2,1-3H3. The van der Waals surface area contributed by atoms with E-state index in [2.05, 4.69) is 10.2 Å². The summed E-state index contributed by atoms with van der Waals surface area (Å²) in [5.74, 6) is 2.03. The monoisotopic (exact) mass is 480 g/mol. The van der Waals surface area contributed by atoms with Gasteiger partial charge in [-0.25, -0.2) is 12.7 Å². The molecule has 0 saturated heterocycles. The van der Waals surface area contributed by atoms with Crippen molar-refractivity contribution in [3.63, 3.8) is 0 Å². The number of aromatic nitrogens is 3. The third-order valence-electron chi connectivity index (χ3n) is 5.04. The molecular formula is C24H24N4O3S2. The van der Waals surface area contributed by atoms with Crippen molar-refractivity contribution >= 4 is 21.8 Å². The van der Waals surface area contributed by atoms with Gasteiger partial charge >= 0.3 is 0 Å². The van der Waals surface area contributed by atoms with E-state index in [1.807, 2.05) is 65.2 Å². The molecular weight excluding hydrogens is 456 g/mol. The number of para-hydroxylation sites is 1. The molecule has 0 atom stereocenters. The summed E-state index contributed by atoms with van der Waals surface area (Å²) in [4.78, 5) is 0.272. The first kappa shape index (κ1) is 23.0. The summed E-state index contributed by atoms with van der Waals surface area (Å²) in [5, 5.41) is 9.62. The minimum Gasteiger partial charge on any atom is -0.497 e. The van der Waals surface area contributed by atoms with Gasteiger partial charge in [-0.1, -0.05) is 42.1 Å². The van der Waals surface area contributed by atoms with Crippen molar-refractivity contribution in [3.05, 3.63) is 84.4 Å². The molecule has 0 radical (unpaired) electrons. The van der Waals surface area contributed by atoms with Crippen LogP contribution in [0.5, 0.6) is 5.75 Å². The van der Waals surface area contributed by atoms with Crippen LogP contribution in [0.3, 0.4) is 0 Å². The molecule has 9 heteroatoms. The van der Waals surface area contributed by atoms with E-state index in [1.54, 1.807) is 25.3 Å². The average Bonchev–Trinajstić information content (AvgIpc) is 3.27. The first-order chi connectivity index (χ1) is 15.9. The van der Waals surface area contributed by atoms with Gasteiger partial charge in [-0.3, -0.25) is 4.57 Å². The molecule has 170 valence electrons. The van der Waals surface area contributed by atoms with E-state index in [1.165, 1.54) is 30.2 Å². The summed E-state index contributed by atoms with van der Waals surface area (Å²) in [7, 11) is 1.20. The Labute approximate surface area is 198 Å². The van der Waals surface area contributed by atoms with Gasteiger partial charge in [0.25, 0.3) is 0 Å². The SMILES string of the molecule is COc1ccc(-c2nnc(SCc3cccc(S(=O)(=O)N(C)C)c3)n2-c2ccccc2)cc1. The Hall–Kier alpha value is -3.14. The van der Waals surface area contributed by atoms with Crippen LogP contribution in [0.2, 0.25) is 0 Å². The number of rotatable bonds is 8. The van der Waals surface area contributed by atoms with E-state index >= 15 is 0 Å². The molecule has 0 spiro atoms. The second-order valence-electron chi connectivity index (χ2n) is 7.43. The summed E-state index contributed by atoms with van der Waals surface area (Å²) in [6, 6.07) is 24.6. The van der Waals surface area contributed by atoms with Crippen molar-refractivity contribution in [2.24, 2.45) is 0 Å². The summed E-state index contributed by atoms with van der Waals surface area (Å²) >= 11 is 1.50. The molecule has 1 aromatic heterocycles. The zero-order chi connectivity index (χ0) is 23.4. The first-order valence-electron chi connectivity index (χ1n) is 10.2. The van der Waals surface area contributed by atoms with Crippen molar-refractivity contribution < 1.29 is 13.2 Å². The molecule has 1 heterocycles. The number of thioether (sulfide) groups is 1. The largest absolute Gasteiger partial charge is 0.497 e. The highest BCUT2D eigenvalue weighted by Gasteiger charge is 2.19. The van der Waals surface area contributed by atoms with Crippen LogP contribution in [-0.4, -0.2) is 48.7 Å². The minimum atomic E-state index is -3.49. The summed E-state index contributed by atoms with van der Waals surface area (Å²) in [5.41, 5.74) is 2.74. The maximum Gasteiger partial charge on any atom is 0.242 e. The fourth-order valence-corrected chi connectivity index (χ4v) is 5.12. The van der Waals surface area contributed by atoms with Gasteiger partial charge in [0, 0.05) is 31.1 Å². The highest BCUT2D eigenvalue weighted by Crippen LogP contribution is 2.31. The van der Waals surface area contributed by atoms with Crippen LogP contribution in [0.1, 0.15) is 5.56 Å². The van der Waals surface area contributed by atoms with E-state index in [0.717, 1.165) is 28.4 Å². The number of nitrogens with zero attached hydrogens (tertiary/aromatic N) is 4. The molecule has 0 aliphatic carbocycles. The van der Waals surface area contributed by atoms with Gasteiger partial charge in [0.1, 0.15) is 5.75 Å². The Bertz CT molecular complexity index is 1340. The Morgan fingerprint density at radius 1 is 0.939 bits per heavy atom. The van der Waals surface area contributed by atoms with Crippen LogP contribution in [0, 0.1) is 0 Å². The van der Waals surface area contributed by atoms with Crippen LogP contribution in [-0.2, 0) is 15.8 Å². The quantitative estimate of drug-likeness (QED) is 0.346. The maximum absolute atomic E-state index is 12.5. The molecule has 4 rings (SSSR count). The predicted octanol–water partition coefficient (Wildman–Crippen LogP) is 4.49. The van der Waals surface area contributed by atoms with Crippen LogP contribution < -0.4 is 4.74 Å². The zero-order valence-electron chi connectivity index (χ0n) is 18.5. The second-order valence-corrected chi connectivity index (χ2v) is 10.5. The van der Waals surface area contributed by atoms with Crippen molar-refractivity contribution in [1.82, 2.24) is 19.1 Å². The lowest BCUT2D eigenvalue weighted by atomic mass is 10.2. The second kappa shape index (κ2) is 9.78. The Balaban J connectivity index is 1.67.